The number of anilines is 1. The van der Waals surface area contributed by atoms with Crippen LogP contribution in [-0.2, 0) is 0 Å². The van der Waals surface area contributed by atoms with E-state index in [1.807, 2.05) is 6.07 Å². The van der Waals surface area contributed by atoms with Crippen molar-refractivity contribution in [3.63, 3.8) is 0 Å². The molecule has 0 radical (unpaired) electrons. The molecule has 0 saturated carbocycles. The number of methoxy groups -OCH3 is 1. The molecule has 0 amide bonds. The quantitative estimate of drug-likeness (QED) is 0.750. The summed E-state index contributed by atoms with van der Waals surface area (Å²) in [4.78, 5) is 24.9. The molecule has 2 aromatic carbocycles. The Balaban J connectivity index is 2.08. The minimum atomic E-state index is -0.287. The minimum absolute atomic E-state index is 0.120. The fourth-order valence-electron chi connectivity index (χ4n) is 2.49. The van der Waals surface area contributed by atoms with Crippen molar-refractivity contribution >= 4 is 11.6 Å². The van der Waals surface area contributed by atoms with Crippen LogP contribution >= 0.6 is 0 Å². The lowest BCUT2D eigenvalue weighted by Crippen LogP contribution is -2.23. The molecule has 5 nitrogen and oxygen atoms in total. The molecule has 5 heteroatoms. The van der Waals surface area contributed by atoms with Crippen molar-refractivity contribution in [3.8, 4) is 11.4 Å². The second-order valence-electron chi connectivity index (χ2n) is 5.20. The molecule has 1 aromatic heterocycles. The van der Waals surface area contributed by atoms with E-state index in [0.717, 1.165) is 0 Å². The van der Waals surface area contributed by atoms with Crippen LogP contribution in [0, 0.1) is 0 Å². The van der Waals surface area contributed by atoms with Crippen molar-refractivity contribution in [1.29, 1.82) is 0 Å². The van der Waals surface area contributed by atoms with E-state index in [0.29, 0.717) is 17.0 Å². The first-order valence-electron chi connectivity index (χ1n) is 7.37. The largest absolute Gasteiger partial charge is 0.497 e. The lowest BCUT2D eigenvalue weighted by Gasteiger charge is -2.13. The lowest BCUT2D eigenvalue weighted by molar-refractivity contribution is 0.103. The van der Waals surface area contributed by atoms with Crippen molar-refractivity contribution in [3.05, 3.63) is 88.2 Å². The third-order valence-corrected chi connectivity index (χ3v) is 3.74. The highest BCUT2D eigenvalue weighted by Crippen LogP contribution is 2.20. The van der Waals surface area contributed by atoms with Crippen LogP contribution in [-0.4, -0.2) is 17.5 Å². The number of aromatic nitrogens is 1. The summed E-state index contributed by atoms with van der Waals surface area (Å²) in [7, 11) is 1.56. The van der Waals surface area contributed by atoms with Gasteiger partial charge in [0, 0.05) is 11.6 Å². The van der Waals surface area contributed by atoms with Crippen LogP contribution in [0.5, 0.6) is 5.75 Å². The Morgan fingerprint density at radius 2 is 1.62 bits per heavy atom. The van der Waals surface area contributed by atoms with Gasteiger partial charge in [-0.25, -0.2) is 0 Å². The van der Waals surface area contributed by atoms with E-state index in [-0.39, 0.29) is 22.7 Å². The van der Waals surface area contributed by atoms with Gasteiger partial charge in [-0.1, -0.05) is 18.2 Å². The molecule has 0 bridgehead atoms. The standard InChI is InChI=1S/C19H16N2O3/c1-24-15-9-7-13(8-10-15)18(23)16-11-12-17(22)21(19(16)20)14-5-3-2-4-6-14/h2-12H,20H2,1H3. The third kappa shape index (κ3) is 2.79. The third-order valence-electron chi connectivity index (χ3n) is 3.74. The molecule has 0 atom stereocenters. The minimum Gasteiger partial charge on any atom is -0.497 e. The molecule has 0 fully saturated rings. The summed E-state index contributed by atoms with van der Waals surface area (Å²) in [6, 6.07) is 18.5. The Hall–Kier alpha value is -3.34. The van der Waals surface area contributed by atoms with Gasteiger partial charge in [-0.05, 0) is 42.5 Å². The van der Waals surface area contributed by atoms with Crippen molar-refractivity contribution in [2.45, 2.75) is 0 Å². The number of carbonyl (C=O) groups excluding carboxylic acids is 1. The van der Waals surface area contributed by atoms with Gasteiger partial charge in [-0.3, -0.25) is 14.2 Å². The van der Waals surface area contributed by atoms with Gasteiger partial charge in [0.1, 0.15) is 11.6 Å². The number of ketones is 1. The number of ether oxygens (including phenoxy) is 1. The lowest BCUT2D eigenvalue weighted by atomic mass is 10.0. The summed E-state index contributed by atoms with van der Waals surface area (Å²) in [6.07, 6.45) is 0. The van der Waals surface area contributed by atoms with Gasteiger partial charge in [-0.15, -0.1) is 0 Å². The Labute approximate surface area is 138 Å². The molecule has 0 saturated heterocycles. The van der Waals surface area contributed by atoms with Crippen LogP contribution in [0.25, 0.3) is 5.69 Å². The zero-order valence-corrected chi connectivity index (χ0v) is 13.1. The van der Waals surface area contributed by atoms with Crippen LogP contribution in [0.4, 0.5) is 5.82 Å². The van der Waals surface area contributed by atoms with E-state index in [4.69, 9.17) is 10.5 Å². The number of carbonyl (C=O) groups is 1. The molecule has 2 N–H and O–H groups in total. The van der Waals surface area contributed by atoms with E-state index < -0.39 is 0 Å². The van der Waals surface area contributed by atoms with E-state index >= 15 is 0 Å². The number of nitrogens with two attached hydrogens (primary N) is 1. The first kappa shape index (κ1) is 15.6. The van der Waals surface area contributed by atoms with Crippen molar-refractivity contribution in [2.24, 2.45) is 0 Å². The number of rotatable bonds is 4. The molecule has 0 spiro atoms. The van der Waals surface area contributed by atoms with Gasteiger partial charge in [0.25, 0.3) is 5.56 Å². The molecular weight excluding hydrogens is 304 g/mol. The topological polar surface area (TPSA) is 74.3 Å². The zero-order chi connectivity index (χ0) is 17.1. The van der Waals surface area contributed by atoms with E-state index in [2.05, 4.69) is 0 Å². The van der Waals surface area contributed by atoms with Crippen LogP contribution < -0.4 is 16.0 Å². The molecule has 24 heavy (non-hydrogen) atoms. The van der Waals surface area contributed by atoms with Crippen LogP contribution in [0.1, 0.15) is 15.9 Å². The first-order chi connectivity index (χ1) is 11.6. The van der Waals surface area contributed by atoms with Crippen molar-refractivity contribution in [1.82, 2.24) is 4.57 Å². The molecule has 1 heterocycles. The number of para-hydroxylation sites is 1. The van der Waals surface area contributed by atoms with Crippen LogP contribution in [0.3, 0.4) is 0 Å². The van der Waals surface area contributed by atoms with Crippen molar-refractivity contribution < 1.29 is 9.53 Å². The monoisotopic (exact) mass is 320 g/mol. The fourth-order valence-corrected chi connectivity index (χ4v) is 2.49. The predicted molar refractivity (Wildman–Crippen MR) is 92.9 cm³/mol. The maximum absolute atomic E-state index is 12.7. The van der Waals surface area contributed by atoms with E-state index in [1.165, 1.54) is 16.7 Å². The van der Waals surface area contributed by atoms with E-state index in [9.17, 15) is 9.59 Å². The number of pyridine rings is 1. The molecule has 0 aliphatic heterocycles. The van der Waals surface area contributed by atoms with Gasteiger partial charge in [-0.2, -0.15) is 0 Å². The van der Waals surface area contributed by atoms with Gasteiger partial charge in [0.15, 0.2) is 5.78 Å². The normalized spacial score (nSPS) is 10.4. The van der Waals surface area contributed by atoms with Crippen LogP contribution in [0.15, 0.2) is 71.5 Å². The fraction of sp³-hybridized carbons (Fsp3) is 0.0526. The summed E-state index contributed by atoms with van der Waals surface area (Å²) >= 11 is 0. The average molecular weight is 320 g/mol. The van der Waals surface area contributed by atoms with Gasteiger partial charge in [0.2, 0.25) is 0 Å². The summed E-state index contributed by atoms with van der Waals surface area (Å²) in [6.45, 7) is 0. The number of hydrogen-bond donors (Lipinski definition) is 1. The Morgan fingerprint density at radius 3 is 2.25 bits per heavy atom. The maximum Gasteiger partial charge on any atom is 0.256 e. The Morgan fingerprint density at radius 1 is 0.958 bits per heavy atom. The summed E-state index contributed by atoms with van der Waals surface area (Å²) in [5, 5.41) is 0. The Kier molecular flexibility index (Phi) is 4.16. The molecule has 0 aliphatic carbocycles. The predicted octanol–water partition coefficient (Wildman–Crippen LogP) is 2.66. The van der Waals surface area contributed by atoms with Crippen molar-refractivity contribution in [2.75, 3.05) is 12.8 Å². The maximum atomic E-state index is 12.7. The SMILES string of the molecule is COc1ccc(C(=O)c2ccc(=O)n(-c3ccccc3)c2N)cc1. The molecular formula is C19H16N2O3. The average Bonchev–Trinajstić information content (AvgIpc) is 2.62. The van der Waals surface area contributed by atoms with Gasteiger partial charge in [0.05, 0.1) is 18.4 Å². The molecule has 120 valence electrons. The molecule has 3 aromatic rings. The molecule has 3 rings (SSSR count). The van der Waals surface area contributed by atoms with Crippen LogP contribution in [0.2, 0.25) is 0 Å². The second-order valence-corrected chi connectivity index (χ2v) is 5.20. The number of nitrogens with zero attached hydrogens (tertiary/aromatic N) is 1. The summed E-state index contributed by atoms with van der Waals surface area (Å²) < 4.78 is 6.42. The highest BCUT2D eigenvalue weighted by atomic mass is 16.5. The molecule has 0 aliphatic rings. The first-order valence-corrected chi connectivity index (χ1v) is 7.37. The summed E-state index contributed by atoms with van der Waals surface area (Å²) in [5.41, 5.74) is 7.21. The number of nitrogen functional groups attached to an aromatic ring is 1. The second kappa shape index (κ2) is 6.42. The van der Waals surface area contributed by atoms with Gasteiger partial charge >= 0.3 is 0 Å². The smallest absolute Gasteiger partial charge is 0.256 e. The highest BCUT2D eigenvalue weighted by Gasteiger charge is 2.16. The van der Waals surface area contributed by atoms with Gasteiger partial charge < -0.3 is 10.5 Å². The number of benzene rings is 2. The summed E-state index contributed by atoms with van der Waals surface area (Å²) in [5.74, 6) is 0.531. The molecule has 0 unspecified atom stereocenters. The highest BCUT2D eigenvalue weighted by molar-refractivity contribution is 6.11. The zero-order valence-electron chi connectivity index (χ0n) is 13.1. The number of hydrogen-bond acceptors (Lipinski definition) is 4. The Bertz CT molecular complexity index is 929. The van der Waals surface area contributed by atoms with E-state index in [1.54, 1.807) is 55.6 Å².